The van der Waals surface area contributed by atoms with Crippen LogP contribution in [-0.4, -0.2) is 52.4 Å². The zero-order valence-electron chi connectivity index (χ0n) is 14.6. The van der Waals surface area contributed by atoms with Crippen molar-refractivity contribution in [1.29, 1.82) is 0 Å². The van der Waals surface area contributed by atoms with Crippen molar-refractivity contribution in [2.24, 2.45) is 15.9 Å². The molecule has 0 saturated heterocycles. The van der Waals surface area contributed by atoms with Gasteiger partial charge in [-0.15, -0.1) is 0 Å². The molecule has 1 aliphatic heterocycles. The number of hydrazone groups is 1. The summed E-state index contributed by atoms with van der Waals surface area (Å²) in [5, 5.41) is 15.1. The monoisotopic (exact) mass is 311 g/mol. The van der Waals surface area contributed by atoms with Crippen molar-refractivity contribution in [2.75, 3.05) is 19.6 Å². The minimum atomic E-state index is -0.974. The summed E-state index contributed by atoms with van der Waals surface area (Å²) in [7, 11) is 0. The Kier molecular flexibility index (Phi) is 5.59. The van der Waals surface area contributed by atoms with Gasteiger partial charge < -0.3 is 10.0 Å². The molecular weight excluding hydrogens is 282 g/mol. The molecule has 0 fully saturated rings. The largest absolute Gasteiger partial charge is 0.465 e. The number of carboxylic acid groups (broad SMARTS) is 1. The van der Waals surface area contributed by atoms with Gasteiger partial charge in [-0.25, -0.2) is 9.80 Å². The van der Waals surface area contributed by atoms with Gasteiger partial charge in [-0.05, 0) is 17.3 Å². The zero-order valence-corrected chi connectivity index (χ0v) is 14.6. The summed E-state index contributed by atoms with van der Waals surface area (Å²) >= 11 is 0. The number of amides is 2. The summed E-state index contributed by atoms with van der Waals surface area (Å²) in [5.41, 5.74) is 0.635. The predicted octanol–water partition coefficient (Wildman–Crippen LogP) is 3.04. The lowest BCUT2D eigenvalue weighted by molar-refractivity contribution is -0.128. The fraction of sp³-hybridized carbons (Fsp3) is 0.812. The second-order valence-electron chi connectivity index (χ2n) is 8.37. The van der Waals surface area contributed by atoms with E-state index in [4.69, 9.17) is 0 Å². The van der Waals surface area contributed by atoms with Gasteiger partial charge in [0.15, 0.2) is 0 Å². The van der Waals surface area contributed by atoms with Gasteiger partial charge in [-0.1, -0.05) is 41.5 Å². The van der Waals surface area contributed by atoms with Crippen LogP contribution in [0.5, 0.6) is 0 Å². The maximum atomic E-state index is 12.0. The molecule has 1 N–H and O–H groups in total. The first-order valence-electron chi connectivity index (χ1n) is 7.72. The maximum Gasteiger partial charge on any atom is 0.407 e. The van der Waals surface area contributed by atoms with E-state index in [-0.39, 0.29) is 29.7 Å². The third kappa shape index (κ3) is 6.45. The lowest BCUT2D eigenvalue weighted by atomic mass is 9.92. The van der Waals surface area contributed by atoms with Gasteiger partial charge in [0.2, 0.25) is 5.91 Å². The highest BCUT2D eigenvalue weighted by Gasteiger charge is 2.28. The molecule has 6 nitrogen and oxygen atoms in total. The smallest absolute Gasteiger partial charge is 0.407 e. The first kappa shape index (κ1) is 18.5. The van der Waals surface area contributed by atoms with Crippen LogP contribution >= 0.6 is 0 Å². The lowest BCUT2D eigenvalue weighted by Crippen LogP contribution is -2.40. The van der Waals surface area contributed by atoms with E-state index in [1.54, 1.807) is 0 Å². The molecule has 0 unspecified atom stereocenters. The molecule has 0 aliphatic carbocycles. The Balaban J connectivity index is 2.68. The van der Waals surface area contributed by atoms with Crippen molar-refractivity contribution < 1.29 is 14.7 Å². The van der Waals surface area contributed by atoms with E-state index < -0.39 is 6.09 Å². The van der Waals surface area contributed by atoms with Crippen LogP contribution in [0.1, 0.15) is 54.4 Å². The van der Waals surface area contributed by atoms with Crippen molar-refractivity contribution in [3.8, 4) is 0 Å². The molecule has 1 heterocycles. The summed E-state index contributed by atoms with van der Waals surface area (Å²) in [6.07, 6.45) is 0.108. The van der Waals surface area contributed by atoms with Gasteiger partial charge in [-0.2, -0.15) is 5.10 Å². The fourth-order valence-electron chi connectivity index (χ4n) is 2.22. The fourth-order valence-corrected chi connectivity index (χ4v) is 2.22. The van der Waals surface area contributed by atoms with Crippen molar-refractivity contribution >= 4 is 17.7 Å². The molecule has 1 aliphatic rings. The Morgan fingerprint density at radius 1 is 1.23 bits per heavy atom. The van der Waals surface area contributed by atoms with Gasteiger partial charge in [0.25, 0.3) is 0 Å². The minimum Gasteiger partial charge on any atom is -0.465 e. The van der Waals surface area contributed by atoms with Crippen LogP contribution in [-0.2, 0) is 4.79 Å². The average Bonchev–Trinajstić information content (AvgIpc) is 2.63. The molecule has 126 valence electrons. The van der Waals surface area contributed by atoms with Gasteiger partial charge in [-0.3, -0.25) is 4.79 Å². The van der Waals surface area contributed by atoms with Crippen LogP contribution in [0.15, 0.2) is 5.10 Å². The van der Waals surface area contributed by atoms with E-state index in [9.17, 15) is 14.7 Å². The number of rotatable bonds is 5. The van der Waals surface area contributed by atoms with Crippen LogP contribution in [0.2, 0.25) is 0 Å². The molecule has 0 saturated carbocycles. The Labute approximate surface area is 133 Å². The Morgan fingerprint density at radius 2 is 1.82 bits per heavy atom. The summed E-state index contributed by atoms with van der Waals surface area (Å²) in [5.74, 6) is -0.0413. The van der Waals surface area contributed by atoms with E-state index in [0.717, 1.165) is 6.42 Å². The van der Waals surface area contributed by atoms with E-state index in [1.807, 2.05) is 20.8 Å². The second-order valence-corrected chi connectivity index (χ2v) is 8.37. The molecule has 22 heavy (non-hydrogen) atoms. The first-order chi connectivity index (χ1) is 9.87. The van der Waals surface area contributed by atoms with E-state index in [2.05, 4.69) is 25.9 Å². The van der Waals surface area contributed by atoms with Gasteiger partial charge in [0.1, 0.15) is 0 Å². The Morgan fingerprint density at radius 3 is 2.27 bits per heavy atom. The highest BCUT2D eigenvalue weighted by Crippen LogP contribution is 2.21. The highest BCUT2D eigenvalue weighted by atomic mass is 16.4. The van der Waals surface area contributed by atoms with Gasteiger partial charge in [0, 0.05) is 13.1 Å². The normalized spacial score (nSPS) is 16.0. The molecule has 0 aromatic rings. The topological polar surface area (TPSA) is 73.2 Å². The van der Waals surface area contributed by atoms with Crippen LogP contribution in [0.25, 0.3) is 0 Å². The highest BCUT2D eigenvalue weighted by molar-refractivity contribution is 6.06. The maximum absolute atomic E-state index is 12.0. The van der Waals surface area contributed by atoms with E-state index in [0.29, 0.717) is 18.8 Å². The molecule has 0 spiro atoms. The summed E-state index contributed by atoms with van der Waals surface area (Å²) in [4.78, 5) is 24.7. The van der Waals surface area contributed by atoms with Gasteiger partial charge >= 0.3 is 6.09 Å². The number of nitrogens with zero attached hydrogens (tertiary/aromatic N) is 3. The third-order valence-corrected chi connectivity index (χ3v) is 3.29. The zero-order chi connectivity index (χ0) is 17.1. The quantitative estimate of drug-likeness (QED) is 0.848. The molecule has 1 rings (SSSR count). The van der Waals surface area contributed by atoms with Crippen LogP contribution < -0.4 is 0 Å². The summed E-state index contributed by atoms with van der Waals surface area (Å²) in [6, 6.07) is 0. The van der Waals surface area contributed by atoms with Gasteiger partial charge in [0.05, 0.1) is 18.7 Å². The SMILES string of the molecule is CC(C)(C)CCN1N=C(CN(CC(C)(C)C)C(=O)O)CC1=O. The van der Waals surface area contributed by atoms with Crippen molar-refractivity contribution in [1.82, 2.24) is 9.91 Å². The van der Waals surface area contributed by atoms with E-state index >= 15 is 0 Å². The van der Waals surface area contributed by atoms with Crippen LogP contribution in [0.3, 0.4) is 0 Å². The van der Waals surface area contributed by atoms with Crippen molar-refractivity contribution in [2.45, 2.75) is 54.4 Å². The van der Waals surface area contributed by atoms with E-state index in [1.165, 1.54) is 9.91 Å². The second kappa shape index (κ2) is 6.67. The standard InChI is InChI=1S/C16H29N3O3/c1-15(2,3)7-8-19-13(20)9-12(17-19)10-18(14(21)22)11-16(4,5)6/h7-11H2,1-6H3,(H,21,22). The molecule has 6 heteroatoms. The molecule has 0 atom stereocenters. The summed E-state index contributed by atoms with van der Waals surface area (Å²) < 4.78 is 0. The third-order valence-electron chi connectivity index (χ3n) is 3.29. The summed E-state index contributed by atoms with van der Waals surface area (Å²) in [6.45, 7) is 13.5. The predicted molar refractivity (Wildman–Crippen MR) is 86.9 cm³/mol. The molecular formula is C16H29N3O3. The first-order valence-corrected chi connectivity index (χ1v) is 7.72. The number of hydrogen-bond acceptors (Lipinski definition) is 3. The number of hydrogen-bond donors (Lipinski definition) is 1. The lowest BCUT2D eigenvalue weighted by Gasteiger charge is -2.27. The van der Waals surface area contributed by atoms with Crippen LogP contribution in [0.4, 0.5) is 4.79 Å². The molecule has 0 radical (unpaired) electrons. The number of carbonyl (C=O) groups excluding carboxylic acids is 1. The molecule has 0 aromatic heterocycles. The van der Waals surface area contributed by atoms with Crippen molar-refractivity contribution in [3.63, 3.8) is 0 Å². The average molecular weight is 311 g/mol. The van der Waals surface area contributed by atoms with Crippen LogP contribution in [0, 0.1) is 10.8 Å². The molecule has 2 amide bonds. The number of carbonyl (C=O) groups is 2. The Hall–Kier alpha value is -1.59. The minimum absolute atomic E-state index is 0.0413. The molecule has 0 aromatic carbocycles. The Bertz CT molecular complexity index is 458. The van der Waals surface area contributed by atoms with Crippen molar-refractivity contribution in [3.05, 3.63) is 0 Å². The molecule has 0 bridgehead atoms.